The highest BCUT2D eigenvalue weighted by Gasteiger charge is 2.04. The van der Waals surface area contributed by atoms with E-state index in [2.05, 4.69) is 15.4 Å². The molecule has 0 radical (unpaired) electrons. The molecule has 2 heterocycles. The minimum absolute atomic E-state index is 0.161. The van der Waals surface area contributed by atoms with Crippen LogP contribution in [-0.2, 0) is 11.4 Å². The van der Waals surface area contributed by atoms with Crippen LogP contribution in [0.4, 0.5) is 5.69 Å². The molecule has 6 heteroatoms. The number of nitrogens with one attached hydrogen (secondary N) is 1. The molecule has 0 aliphatic heterocycles. The van der Waals surface area contributed by atoms with Crippen molar-refractivity contribution in [3.8, 4) is 5.69 Å². The van der Waals surface area contributed by atoms with E-state index in [0.29, 0.717) is 11.3 Å². The number of aliphatic hydroxyl groups excluding tert-OH is 1. The highest BCUT2D eigenvalue weighted by atomic mass is 16.3. The summed E-state index contributed by atoms with van der Waals surface area (Å²) in [6.07, 6.45) is 9.68. The quantitative estimate of drug-likeness (QED) is 0.708. The molecule has 2 N–H and O–H groups in total. The first-order valence-electron chi connectivity index (χ1n) is 7.39. The zero-order chi connectivity index (χ0) is 16.8. The average Bonchev–Trinajstić information content (AvgIpc) is 3.10. The average molecular weight is 320 g/mol. The van der Waals surface area contributed by atoms with Crippen molar-refractivity contribution < 1.29 is 9.90 Å². The third kappa shape index (κ3) is 3.74. The topological polar surface area (TPSA) is 80.0 Å². The van der Waals surface area contributed by atoms with Crippen LogP contribution in [0.5, 0.6) is 0 Å². The van der Waals surface area contributed by atoms with Crippen LogP contribution in [0.1, 0.15) is 11.1 Å². The zero-order valence-electron chi connectivity index (χ0n) is 12.8. The molecule has 0 saturated heterocycles. The molecule has 0 aliphatic rings. The van der Waals surface area contributed by atoms with Crippen molar-refractivity contribution in [3.63, 3.8) is 0 Å². The molecule has 3 aromatic rings. The number of carbonyl (C=O) groups is 1. The van der Waals surface area contributed by atoms with Gasteiger partial charge in [0.25, 0.3) is 0 Å². The van der Waals surface area contributed by atoms with E-state index in [0.717, 1.165) is 11.3 Å². The summed E-state index contributed by atoms with van der Waals surface area (Å²) in [5, 5.41) is 16.2. The third-order valence-electron chi connectivity index (χ3n) is 3.39. The number of para-hydroxylation sites is 1. The molecule has 0 atom stereocenters. The SMILES string of the molecule is O=C(/C=C/c1cnn(-c2ccccc2)c1)Nc1cnccc1CO. The van der Waals surface area contributed by atoms with Gasteiger partial charge in [-0.1, -0.05) is 18.2 Å². The molecule has 0 fully saturated rings. The van der Waals surface area contributed by atoms with E-state index >= 15 is 0 Å². The minimum Gasteiger partial charge on any atom is -0.392 e. The summed E-state index contributed by atoms with van der Waals surface area (Å²) in [5.41, 5.74) is 2.87. The molecule has 0 unspecified atom stereocenters. The number of aromatic nitrogens is 3. The van der Waals surface area contributed by atoms with Gasteiger partial charge >= 0.3 is 0 Å². The standard InChI is InChI=1S/C18H16N4O2/c23-13-15-8-9-19-11-17(15)21-18(24)7-6-14-10-20-22(12-14)16-4-2-1-3-5-16/h1-12,23H,13H2,(H,21,24)/b7-6+. The largest absolute Gasteiger partial charge is 0.392 e. The van der Waals surface area contributed by atoms with Gasteiger partial charge in [0.15, 0.2) is 0 Å². The first-order chi connectivity index (χ1) is 11.8. The molecule has 120 valence electrons. The minimum atomic E-state index is -0.301. The van der Waals surface area contributed by atoms with Gasteiger partial charge in [-0.05, 0) is 24.3 Å². The number of hydrogen-bond acceptors (Lipinski definition) is 4. The lowest BCUT2D eigenvalue weighted by Crippen LogP contribution is -2.10. The summed E-state index contributed by atoms with van der Waals surface area (Å²) in [5.74, 6) is -0.301. The fraction of sp³-hybridized carbons (Fsp3) is 0.0556. The molecule has 1 amide bonds. The maximum atomic E-state index is 12.0. The predicted octanol–water partition coefficient (Wildman–Crippen LogP) is 2.41. The Labute approximate surface area is 139 Å². The van der Waals surface area contributed by atoms with E-state index < -0.39 is 0 Å². The van der Waals surface area contributed by atoms with E-state index in [-0.39, 0.29) is 12.5 Å². The van der Waals surface area contributed by atoms with Gasteiger partial charge in [-0.2, -0.15) is 5.10 Å². The van der Waals surface area contributed by atoms with Crippen LogP contribution in [0.25, 0.3) is 11.8 Å². The summed E-state index contributed by atoms with van der Waals surface area (Å²) in [6, 6.07) is 11.4. The van der Waals surface area contributed by atoms with Crippen LogP contribution >= 0.6 is 0 Å². The van der Waals surface area contributed by atoms with Gasteiger partial charge in [-0.3, -0.25) is 9.78 Å². The molecule has 3 rings (SSSR count). The first-order valence-corrected chi connectivity index (χ1v) is 7.39. The summed E-state index contributed by atoms with van der Waals surface area (Å²) in [4.78, 5) is 15.9. The van der Waals surface area contributed by atoms with Crippen LogP contribution in [0.15, 0.2) is 67.3 Å². The van der Waals surface area contributed by atoms with Crippen molar-refractivity contribution in [1.29, 1.82) is 0 Å². The maximum absolute atomic E-state index is 12.0. The molecular weight excluding hydrogens is 304 g/mol. The lowest BCUT2D eigenvalue weighted by molar-refractivity contribution is -0.111. The molecule has 24 heavy (non-hydrogen) atoms. The number of pyridine rings is 1. The van der Waals surface area contributed by atoms with E-state index in [9.17, 15) is 9.90 Å². The number of rotatable bonds is 5. The second-order valence-corrected chi connectivity index (χ2v) is 5.07. The fourth-order valence-electron chi connectivity index (χ4n) is 2.16. The van der Waals surface area contributed by atoms with Gasteiger partial charge in [0.2, 0.25) is 5.91 Å². The van der Waals surface area contributed by atoms with Crippen LogP contribution in [0.2, 0.25) is 0 Å². The predicted molar refractivity (Wildman–Crippen MR) is 91.4 cm³/mol. The fourth-order valence-corrected chi connectivity index (χ4v) is 2.16. The van der Waals surface area contributed by atoms with Crippen LogP contribution < -0.4 is 5.32 Å². The second-order valence-electron chi connectivity index (χ2n) is 5.07. The van der Waals surface area contributed by atoms with Crippen LogP contribution in [-0.4, -0.2) is 25.8 Å². The van der Waals surface area contributed by atoms with Crippen molar-refractivity contribution in [2.24, 2.45) is 0 Å². The highest BCUT2D eigenvalue weighted by molar-refractivity contribution is 6.02. The number of aliphatic hydroxyl groups is 1. The molecule has 0 bridgehead atoms. The Bertz CT molecular complexity index is 856. The van der Waals surface area contributed by atoms with Crippen molar-refractivity contribution >= 4 is 17.7 Å². The summed E-state index contributed by atoms with van der Waals surface area (Å²) < 4.78 is 1.74. The van der Waals surface area contributed by atoms with Crippen molar-refractivity contribution in [3.05, 3.63) is 78.4 Å². The summed E-state index contributed by atoms with van der Waals surface area (Å²) >= 11 is 0. The summed E-state index contributed by atoms with van der Waals surface area (Å²) in [6.45, 7) is -0.161. The van der Waals surface area contributed by atoms with E-state index in [1.807, 2.05) is 36.5 Å². The van der Waals surface area contributed by atoms with Crippen LogP contribution in [0, 0.1) is 0 Å². The number of anilines is 1. The second kappa shape index (κ2) is 7.34. The molecule has 1 aromatic carbocycles. The molecule has 0 saturated carbocycles. The number of hydrogen-bond donors (Lipinski definition) is 2. The highest BCUT2D eigenvalue weighted by Crippen LogP contribution is 2.13. The Morgan fingerprint density at radius 3 is 2.83 bits per heavy atom. The smallest absolute Gasteiger partial charge is 0.248 e. The Hall–Kier alpha value is -3.25. The van der Waals surface area contributed by atoms with Gasteiger partial charge < -0.3 is 10.4 Å². The Balaban J connectivity index is 1.68. The van der Waals surface area contributed by atoms with Gasteiger partial charge in [0, 0.05) is 29.6 Å². The Kier molecular flexibility index (Phi) is 4.78. The molecule has 2 aromatic heterocycles. The monoisotopic (exact) mass is 320 g/mol. The van der Waals surface area contributed by atoms with E-state index in [1.165, 1.54) is 12.3 Å². The van der Waals surface area contributed by atoms with Crippen molar-refractivity contribution in [1.82, 2.24) is 14.8 Å². The first kappa shape index (κ1) is 15.6. The normalized spacial score (nSPS) is 10.9. The van der Waals surface area contributed by atoms with Crippen LogP contribution in [0.3, 0.4) is 0 Å². The Morgan fingerprint density at radius 1 is 1.21 bits per heavy atom. The summed E-state index contributed by atoms with van der Waals surface area (Å²) in [7, 11) is 0. The number of carbonyl (C=O) groups excluding carboxylic acids is 1. The van der Waals surface area contributed by atoms with Gasteiger partial charge in [-0.25, -0.2) is 4.68 Å². The van der Waals surface area contributed by atoms with Gasteiger partial charge in [0.05, 0.1) is 30.4 Å². The lowest BCUT2D eigenvalue weighted by Gasteiger charge is -2.06. The van der Waals surface area contributed by atoms with Crippen molar-refractivity contribution in [2.75, 3.05) is 5.32 Å². The van der Waals surface area contributed by atoms with Crippen molar-refractivity contribution in [2.45, 2.75) is 6.61 Å². The number of amides is 1. The lowest BCUT2D eigenvalue weighted by atomic mass is 10.2. The maximum Gasteiger partial charge on any atom is 0.248 e. The third-order valence-corrected chi connectivity index (χ3v) is 3.39. The molecule has 6 nitrogen and oxygen atoms in total. The van der Waals surface area contributed by atoms with E-state index in [4.69, 9.17) is 0 Å². The van der Waals surface area contributed by atoms with Gasteiger partial charge in [0.1, 0.15) is 0 Å². The molecular formula is C18H16N4O2. The van der Waals surface area contributed by atoms with Gasteiger partial charge in [-0.15, -0.1) is 0 Å². The number of nitrogens with zero attached hydrogens (tertiary/aromatic N) is 3. The number of benzene rings is 1. The molecule has 0 spiro atoms. The Morgan fingerprint density at radius 2 is 2.04 bits per heavy atom. The van der Waals surface area contributed by atoms with E-state index in [1.54, 1.807) is 29.2 Å². The molecule has 0 aliphatic carbocycles. The zero-order valence-corrected chi connectivity index (χ0v) is 12.8.